The third-order valence-corrected chi connectivity index (χ3v) is 4.63. The maximum absolute atomic E-state index is 12.7. The van der Waals surface area contributed by atoms with E-state index in [4.69, 9.17) is 0 Å². The molecule has 0 spiro atoms. The van der Waals surface area contributed by atoms with Gasteiger partial charge in [-0.05, 0) is 25.5 Å². The molecule has 122 valence electrons. The first kappa shape index (κ1) is 15.9. The van der Waals surface area contributed by atoms with Crippen molar-refractivity contribution in [1.82, 2.24) is 9.36 Å². The lowest BCUT2D eigenvalue weighted by Gasteiger charge is -2.21. The monoisotopic (exact) mass is 330 g/mol. The minimum Gasteiger partial charge on any atom is -0.348 e. The number of carbonyl (C=O) groups excluding carboxylic acids is 1. The number of hydrogen-bond donors (Lipinski definition) is 1. The van der Waals surface area contributed by atoms with Crippen LogP contribution in [0.1, 0.15) is 39.9 Å². The first-order valence-electron chi connectivity index (χ1n) is 7.85. The van der Waals surface area contributed by atoms with Crippen LogP contribution in [0.2, 0.25) is 0 Å². The minimum atomic E-state index is -0.244. The molecule has 1 amide bonds. The Morgan fingerprint density at radius 1 is 1.26 bits per heavy atom. The highest BCUT2D eigenvalue weighted by Gasteiger charge is 2.38. The van der Waals surface area contributed by atoms with Crippen LogP contribution >= 0.6 is 11.5 Å². The summed E-state index contributed by atoms with van der Waals surface area (Å²) in [7, 11) is 0. The van der Waals surface area contributed by atoms with E-state index in [0.717, 1.165) is 23.1 Å². The number of para-hydroxylation sites is 1. The smallest absolute Gasteiger partial charge is 0.249 e. The lowest BCUT2D eigenvalue weighted by Crippen LogP contribution is -2.35. The molecule has 2 heterocycles. The number of hydrogen-bond acceptors (Lipinski definition) is 5. The predicted molar refractivity (Wildman–Crippen MR) is 94.0 cm³/mol. The van der Waals surface area contributed by atoms with Crippen LogP contribution in [-0.4, -0.2) is 27.3 Å². The number of rotatable bonds is 3. The molecular formula is C17H22N4OS. The van der Waals surface area contributed by atoms with E-state index < -0.39 is 0 Å². The fourth-order valence-electron chi connectivity index (χ4n) is 2.76. The third kappa shape index (κ3) is 3.22. The van der Waals surface area contributed by atoms with Gasteiger partial charge in [0.15, 0.2) is 0 Å². The Labute approximate surface area is 140 Å². The van der Waals surface area contributed by atoms with Crippen LogP contribution < -0.4 is 10.2 Å². The lowest BCUT2D eigenvalue weighted by atomic mass is 9.96. The summed E-state index contributed by atoms with van der Waals surface area (Å²) in [5.74, 6) is 0.902. The lowest BCUT2D eigenvalue weighted by molar-refractivity contribution is -0.117. The Balaban J connectivity index is 1.75. The van der Waals surface area contributed by atoms with Crippen LogP contribution in [0.3, 0.4) is 0 Å². The molecule has 0 bridgehead atoms. The van der Waals surface area contributed by atoms with E-state index in [9.17, 15) is 4.79 Å². The van der Waals surface area contributed by atoms with Crippen molar-refractivity contribution in [2.45, 2.75) is 51.6 Å². The van der Waals surface area contributed by atoms with Crippen LogP contribution in [0.15, 0.2) is 30.3 Å². The first-order valence-corrected chi connectivity index (χ1v) is 8.62. The van der Waals surface area contributed by atoms with Gasteiger partial charge in [0.05, 0.1) is 0 Å². The van der Waals surface area contributed by atoms with Crippen LogP contribution in [0.5, 0.6) is 0 Å². The van der Waals surface area contributed by atoms with Crippen molar-refractivity contribution in [2.24, 2.45) is 0 Å². The molecule has 6 heteroatoms. The van der Waals surface area contributed by atoms with E-state index in [0.29, 0.717) is 0 Å². The van der Waals surface area contributed by atoms with E-state index in [-0.39, 0.29) is 23.4 Å². The predicted octanol–water partition coefficient (Wildman–Crippen LogP) is 3.44. The van der Waals surface area contributed by atoms with E-state index in [1.54, 1.807) is 0 Å². The fourth-order valence-corrected chi connectivity index (χ4v) is 3.57. The van der Waals surface area contributed by atoms with E-state index in [1.165, 1.54) is 11.5 Å². The maximum Gasteiger partial charge on any atom is 0.249 e. The molecule has 1 fully saturated rings. The van der Waals surface area contributed by atoms with Crippen molar-refractivity contribution in [3.05, 3.63) is 36.2 Å². The van der Waals surface area contributed by atoms with Crippen molar-refractivity contribution in [1.29, 1.82) is 0 Å². The van der Waals surface area contributed by atoms with Crippen molar-refractivity contribution in [3.8, 4) is 0 Å². The molecule has 1 aromatic heterocycles. The van der Waals surface area contributed by atoms with Gasteiger partial charge >= 0.3 is 0 Å². The van der Waals surface area contributed by atoms with Crippen molar-refractivity contribution in [3.63, 3.8) is 0 Å². The average Bonchev–Trinajstić information content (AvgIpc) is 3.06. The SMILES string of the molecule is CC1CC(Nc2nc(C(C)(C)C)ns2)C(=O)N1c1ccccc1. The number of nitrogens with zero attached hydrogens (tertiary/aromatic N) is 3. The van der Waals surface area contributed by atoms with Gasteiger partial charge in [-0.2, -0.15) is 4.37 Å². The molecule has 1 saturated heterocycles. The standard InChI is InChI=1S/C17H22N4OS/c1-11-10-13(14(22)21(11)12-8-6-5-7-9-12)18-16-19-15(20-23-16)17(2,3)4/h5-9,11,13H,10H2,1-4H3,(H,18,19,20). The van der Waals surface area contributed by atoms with Gasteiger partial charge in [-0.3, -0.25) is 4.79 Å². The number of benzene rings is 1. The van der Waals surface area contributed by atoms with Gasteiger partial charge in [0.1, 0.15) is 11.9 Å². The van der Waals surface area contributed by atoms with Gasteiger partial charge < -0.3 is 10.2 Å². The van der Waals surface area contributed by atoms with Crippen LogP contribution in [0, 0.1) is 0 Å². The van der Waals surface area contributed by atoms with Gasteiger partial charge in [0.25, 0.3) is 0 Å². The molecule has 0 aliphatic carbocycles. The average molecular weight is 330 g/mol. The van der Waals surface area contributed by atoms with Crippen LogP contribution in [0.4, 0.5) is 10.8 Å². The number of anilines is 2. The Bertz CT molecular complexity index is 692. The zero-order valence-corrected chi connectivity index (χ0v) is 14.7. The summed E-state index contributed by atoms with van der Waals surface area (Å²) in [5, 5.41) is 3.98. The van der Waals surface area contributed by atoms with Crippen molar-refractivity contribution in [2.75, 3.05) is 10.2 Å². The minimum absolute atomic E-state index is 0.0838. The molecule has 2 unspecified atom stereocenters. The van der Waals surface area contributed by atoms with Gasteiger partial charge in [0.2, 0.25) is 11.0 Å². The van der Waals surface area contributed by atoms with Crippen molar-refractivity contribution < 1.29 is 4.79 Å². The molecule has 1 aliphatic rings. The second-order valence-electron chi connectivity index (χ2n) is 7.00. The normalized spacial score (nSPS) is 21.7. The molecule has 3 rings (SSSR count). The summed E-state index contributed by atoms with van der Waals surface area (Å²) in [5.41, 5.74) is 0.862. The molecule has 23 heavy (non-hydrogen) atoms. The molecule has 1 N–H and O–H groups in total. The first-order chi connectivity index (χ1) is 10.9. The van der Waals surface area contributed by atoms with Gasteiger partial charge in [0, 0.05) is 28.7 Å². The molecule has 5 nitrogen and oxygen atoms in total. The molecule has 2 aromatic rings. The third-order valence-electron chi connectivity index (χ3n) is 3.98. The largest absolute Gasteiger partial charge is 0.348 e. The summed E-state index contributed by atoms with van der Waals surface area (Å²) >= 11 is 1.32. The Kier molecular flexibility index (Phi) is 4.10. The molecule has 0 radical (unpaired) electrons. The highest BCUT2D eigenvalue weighted by atomic mass is 32.1. The second kappa shape index (κ2) is 5.92. The van der Waals surface area contributed by atoms with Crippen LogP contribution in [-0.2, 0) is 10.2 Å². The summed E-state index contributed by atoms with van der Waals surface area (Å²) in [6.45, 7) is 8.32. The zero-order chi connectivity index (χ0) is 16.6. The van der Waals surface area contributed by atoms with Gasteiger partial charge in [-0.15, -0.1) is 0 Å². The summed E-state index contributed by atoms with van der Waals surface area (Å²) in [6.07, 6.45) is 0.762. The Hall–Kier alpha value is -1.95. The van der Waals surface area contributed by atoms with Crippen molar-refractivity contribution >= 4 is 28.3 Å². The highest BCUT2D eigenvalue weighted by molar-refractivity contribution is 7.09. The number of amides is 1. The van der Waals surface area contributed by atoms with Crippen LogP contribution in [0.25, 0.3) is 0 Å². The molecule has 2 atom stereocenters. The van der Waals surface area contributed by atoms with E-state index >= 15 is 0 Å². The topological polar surface area (TPSA) is 58.1 Å². The molecular weight excluding hydrogens is 308 g/mol. The summed E-state index contributed by atoms with van der Waals surface area (Å²) < 4.78 is 4.39. The van der Waals surface area contributed by atoms with Gasteiger partial charge in [-0.25, -0.2) is 4.98 Å². The summed E-state index contributed by atoms with van der Waals surface area (Å²) in [6, 6.07) is 9.73. The summed E-state index contributed by atoms with van der Waals surface area (Å²) in [4.78, 5) is 19.1. The molecule has 0 saturated carbocycles. The van der Waals surface area contributed by atoms with Gasteiger partial charge in [-0.1, -0.05) is 39.0 Å². The number of aromatic nitrogens is 2. The second-order valence-corrected chi connectivity index (χ2v) is 7.75. The maximum atomic E-state index is 12.7. The quantitative estimate of drug-likeness (QED) is 0.936. The Morgan fingerprint density at radius 3 is 2.57 bits per heavy atom. The van der Waals surface area contributed by atoms with E-state index in [1.807, 2.05) is 35.2 Å². The fraction of sp³-hybridized carbons (Fsp3) is 0.471. The number of nitrogens with one attached hydrogen (secondary N) is 1. The Morgan fingerprint density at radius 2 is 1.96 bits per heavy atom. The molecule has 1 aliphatic heterocycles. The zero-order valence-electron chi connectivity index (χ0n) is 13.9. The highest BCUT2D eigenvalue weighted by Crippen LogP contribution is 2.29. The molecule has 1 aromatic carbocycles. The van der Waals surface area contributed by atoms with E-state index in [2.05, 4.69) is 42.4 Å². The number of carbonyl (C=O) groups is 1.